The number of carbonyl (C=O) groups excluding carboxylic acids is 2. The number of hydrogen-bond donors (Lipinski definition) is 2. The lowest BCUT2D eigenvalue weighted by atomic mass is 10.1. The normalized spacial score (nSPS) is 9.88. The van der Waals surface area contributed by atoms with Gasteiger partial charge in [-0.1, -0.05) is 13.0 Å². The van der Waals surface area contributed by atoms with Crippen molar-refractivity contribution in [3.8, 4) is 0 Å². The van der Waals surface area contributed by atoms with Crippen LogP contribution in [0.15, 0.2) is 12.2 Å². The predicted molar refractivity (Wildman–Crippen MR) is 65.2 cm³/mol. The van der Waals surface area contributed by atoms with E-state index in [1.54, 1.807) is 14.0 Å². The van der Waals surface area contributed by atoms with Gasteiger partial charge in [0.1, 0.15) is 0 Å². The van der Waals surface area contributed by atoms with Crippen molar-refractivity contribution in [1.29, 1.82) is 0 Å². The molecular weight excluding hydrogens is 204 g/mol. The van der Waals surface area contributed by atoms with Gasteiger partial charge in [0.25, 0.3) is 0 Å². The monoisotopic (exact) mass is 226 g/mol. The molecule has 1 amide bonds. The Bertz CT molecular complexity index is 249. The van der Waals surface area contributed by atoms with Gasteiger partial charge in [0.05, 0.1) is 6.54 Å². The minimum Gasteiger partial charge on any atom is -0.355 e. The lowest BCUT2D eigenvalue weighted by Gasteiger charge is -2.04. The third kappa shape index (κ3) is 8.17. The molecule has 0 saturated carbocycles. The Morgan fingerprint density at radius 1 is 1.19 bits per heavy atom. The molecule has 0 spiro atoms. The molecule has 0 aliphatic carbocycles. The zero-order valence-electron chi connectivity index (χ0n) is 10.3. The summed E-state index contributed by atoms with van der Waals surface area (Å²) in [6.07, 6.45) is 3.31. The highest BCUT2D eigenvalue weighted by Gasteiger charge is 2.01. The van der Waals surface area contributed by atoms with Crippen LogP contribution in [0.1, 0.15) is 32.6 Å². The lowest BCUT2D eigenvalue weighted by molar-refractivity contribution is -0.120. The van der Waals surface area contributed by atoms with Crippen molar-refractivity contribution in [3.05, 3.63) is 12.2 Å². The molecule has 0 unspecified atom stereocenters. The van der Waals surface area contributed by atoms with Gasteiger partial charge >= 0.3 is 0 Å². The molecule has 0 heterocycles. The van der Waals surface area contributed by atoms with Crippen LogP contribution in [-0.4, -0.2) is 31.8 Å². The second kappa shape index (κ2) is 9.09. The Kier molecular flexibility index (Phi) is 8.43. The van der Waals surface area contributed by atoms with Crippen LogP contribution < -0.4 is 10.6 Å². The Hall–Kier alpha value is -1.16. The molecule has 0 atom stereocenters. The fraction of sp³-hybridized carbons (Fsp3) is 0.667. The summed E-state index contributed by atoms with van der Waals surface area (Å²) in [6.45, 7) is 6.37. The standard InChI is InChI=1S/C12H22N2O2/c1-10(2)11(15)7-5-4-6-8-14-12(16)9-13-3/h13H,1,4-9H2,2-3H3,(H,14,16). The first-order valence-electron chi connectivity index (χ1n) is 5.68. The Morgan fingerprint density at radius 3 is 2.44 bits per heavy atom. The Morgan fingerprint density at radius 2 is 1.88 bits per heavy atom. The van der Waals surface area contributed by atoms with E-state index in [0.29, 0.717) is 25.1 Å². The van der Waals surface area contributed by atoms with Gasteiger partial charge in [0, 0.05) is 13.0 Å². The molecule has 0 aromatic carbocycles. The van der Waals surface area contributed by atoms with Gasteiger partial charge in [-0.2, -0.15) is 0 Å². The van der Waals surface area contributed by atoms with E-state index in [2.05, 4.69) is 17.2 Å². The summed E-state index contributed by atoms with van der Waals surface area (Å²) in [6, 6.07) is 0. The molecule has 4 nitrogen and oxygen atoms in total. The van der Waals surface area contributed by atoms with E-state index >= 15 is 0 Å². The second-order valence-electron chi connectivity index (χ2n) is 3.89. The maximum Gasteiger partial charge on any atom is 0.233 e. The van der Waals surface area contributed by atoms with E-state index in [-0.39, 0.29) is 11.7 Å². The van der Waals surface area contributed by atoms with Crippen molar-refractivity contribution < 1.29 is 9.59 Å². The number of carbonyl (C=O) groups is 2. The number of allylic oxidation sites excluding steroid dienone is 1. The molecule has 0 radical (unpaired) electrons. The van der Waals surface area contributed by atoms with E-state index in [1.807, 2.05) is 0 Å². The molecule has 0 aromatic rings. The fourth-order valence-corrected chi connectivity index (χ4v) is 1.25. The van der Waals surface area contributed by atoms with Gasteiger partial charge in [0.2, 0.25) is 5.91 Å². The zero-order valence-corrected chi connectivity index (χ0v) is 10.3. The minimum atomic E-state index is 0.0144. The van der Waals surface area contributed by atoms with Gasteiger partial charge in [0.15, 0.2) is 5.78 Å². The molecule has 92 valence electrons. The highest BCUT2D eigenvalue weighted by atomic mass is 16.1. The summed E-state index contributed by atoms with van der Waals surface area (Å²) in [5, 5.41) is 5.57. The van der Waals surface area contributed by atoms with Crippen LogP contribution in [0.3, 0.4) is 0 Å². The van der Waals surface area contributed by atoms with E-state index in [0.717, 1.165) is 19.3 Å². The van der Waals surface area contributed by atoms with Gasteiger partial charge in [-0.05, 0) is 32.4 Å². The first kappa shape index (κ1) is 14.8. The van der Waals surface area contributed by atoms with E-state index < -0.39 is 0 Å². The highest BCUT2D eigenvalue weighted by Crippen LogP contribution is 2.03. The smallest absolute Gasteiger partial charge is 0.233 e. The van der Waals surface area contributed by atoms with Gasteiger partial charge in [-0.25, -0.2) is 0 Å². The van der Waals surface area contributed by atoms with Crippen LogP contribution >= 0.6 is 0 Å². The molecule has 4 heteroatoms. The van der Waals surface area contributed by atoms with Crippen LogP contribution in [0.5, 0.6) is 0 Å². The first-order valence-corrected chi connectivity index (χ1v) is 5.68. The van der Waals surface area contributed by atoms with Crippen LogP contribution in [0.2, 0.25) is 0 Å². The van der Waals surface area contributed by atoms with Crippen LogP contribution in [0.4, 0.5) is 0 Å². The lowest BCUT2D eigenvalue weighted by Crippen LogP contribution is -2.32. The number of amides is 1. The largest absolute Gasteiger partial charge is 0.355 e. The second-order valence-corrected chi connectivity index (χ2v) is 3.89. The molecule has 0 saturated heterocycles. The third-order valence-electron chi connectivity index (χ3n) is 2.22. The summed E-state index contributed by atoms with van der Waals surface area (Å²) in [5.74, 6) is 0.153. The molecule has 2 N–H and O–H groups in total. The Labute approximate surface area is 97.5 Å². The number of hydrogen-bond acceptors (Lipinski definition) is 3. The first-order chi connectivity index (χ1) is 7.57. The molecule has 0 aromatic heterocycles. The maximum atomic E-state index is 11.2. The summed E-state index contributed by atoms with van der Waals surface area (Å²) in [7, 11) is 1.74. The summed E-state index contributed by atoms with van der Waals surface area (Å²) >= 11 is 0. The van der Waals surface area contributed by atoms with Crippen molar-refractivity contribution in [1.82, 2.24) is 10.6 Å². The number of nitrogens with one attached hydrogen (secondary N) is 2. The van der Waals surface area contributed by atoms with E-state index in [9.17, 15) is 9.59 Å². The molecule has 0 aliphatic heterocycles. The van der Waals surface area contributed by atoms with E-state index in [1.165, 1.54) is 0 Å². The fourth-order valence-electron chi connectivity index (χ4n) is 1.25. The molecule has 0 rings (SSSR count). The zero-order chi connectivity index (χ0) is 12.4. The van der Waals surface area contributed by atoms with E-state index in [4.69, 9.17) is 0 Å². The van der Waals surface area contributed by atoms with Gasteiger partial charge in [-0.15, -0.1) is 0 Å². The van der Waals surface area contributed by atoms with Crippen molar-refractivity contribution in [3.63, 3.8) is 0 Å². The predicted octanol–water partition coefficient (Wildman–Crippen LogP) is 1.03. The van der Waals surface area contributed by atoms with Crippen molar-refractivity contribution in [2.24, 2.45) is 0 Å². The number of ketones is 1. The topological polar surface area (TPSA) is 58.2 Å². The third-order valence-corrected chi connectivity index (χ3v) is 2.22. The average molecular weight is 226 g/mol. The average Bonchev–Trinajstić information content (AvgIpc) is 2.23. The molecule has 0 bridgehead atoms. The SMILES string of the molecule is C=C(C)C(=O)CCCCCNC(=O)CNC. The van der Waals surface area contributed by atoms with Gasteiger partial charge < -0.3 is 10.6 Å². The quantitative estimate of drug-likeness (QED) is 0.456. The maximum absolute atomic E-state index is 11.2. The molecule has 0 fully saturated rings. The van der Waals surface area contributed by atoms with Gasteiger partial charge in [-0.3, -0.25) is 9.59 Å². The van der Waals surface area contributed by atoms with Crippen LogP contribution in [0, 0.1) is 0 Å². The number of rotatable bonds is 9. The number of likely N-dealkylation sites (N-methyl/N-ethyl adjacent to an activating group) is 1. The number of unbranched alkanes of at least 4 members (excludes halogenated alkanes) is 2. The van der Waals surface area contributed by atoms with Crippen molar-refractivity contribution >= 4 is 11.7 Å². The van der Waals surface area contributed by atoms with Crippen molar-refractivity contribution in [2.75, 3.05) is 20.1 Å². The highest BCUT2D eigenvalue weighted by molar-refractivity contribution is 5.93. The van der Waals surface area contributed by atoms with Crippen LogP contribution in [-0.2, 0) is 9.59 Å². The number of Topliss-reactive ketones (excluding diaryl/α,β-unsaturated/α-hetero) is 1. The summed E-state index contributed by atoms with van der Waals surface area (Å²) < 4.78 is 0. The van der Waals surface area contributed by atoms with Crippen LogP contribution in [0.25, 0.3) is 0 Å². The minimum absolute atomic E-state index is 0.0144. The molecular formula is C12H22N2O2. The summed E-state index contributed by atoms with van der Waals surface area (Å²) in [4.78, 5) is 22.2. The van der Waals surface area contributed by atoms with Crippen molar-refractivity contribution in [2.45, 2.75) is 32.6 Å². The molecule has 16 heavy (non-hydrogen) atoms. The Balaban J connectivity index is 3.31. The molecule has 0 aliphatic rings. The summed E-state index contributed by atoms with van der Waals surface area (Å²) in [5.41, 5.74) is 0.627.